The maximum absolute atomic E-state index is 12.0. The van der Waals surface area contributed by atoms with Gasteiger partial charge in [0.25, 0.3) is 11.5 Å². The summed E-state index contributed by atoms with van der Waals surface area (Å²) >= 11 is 5.62. The number of piperidine rings is 1. The highest BCUT2D eigenvalue weighted by atomic mass is 35.5. The molecule has 0 aromatic carbocycles. The molecule has 3 unspecified atom stereocenters. The predicted octanol–water partition coefficient (Wildman–Crippen LogP) is 0.462. The summed E-state index contributed by atoms with van der Waals surface area (Å²) in [4.78, 5) is 28.2. The van der Waals surface area contributed by atoms with Gasteiger partial charge in [0.15, 0.2) is 0 Å². The predicted molar refractivity (Wildman–Crippen MR) is 67.9 cm³/mol. The van der Waals surface area contributed by atoms with Gasteiger partial charge in [-0.1, -0.05) is 11.6 Å². The topological polar surface area (TPSA) is 65.2 Å². The third-order valence-electron chi connectivity index (χ3n) is 3.76. The number of hydrogen-bond acceptors (Lipinski definition) is 3. The fraction of sp³-hybridized carbons (Fsp3) is 0.500. The fourth-order valence-electron chi connectivity index (χ4n) is 2.78. The number of pyridine rings is 1. The summed E-state index contributed by atoms with van der Waals surface area (Å²) in [6.07, 6.45) is 1.14. The zero-order chi connectivity index (χ0) is 12.7. The molecule has 0 spiro atoms. The van der Waals surface area contributed by atoms with E-state index in [0.717, 1.165) is 26.1 Å². The van der Waals surface area contributed by atoms with Crippen molar-refractivity contribution in [2.75, 3.05) is 19.6 Å². The average Bonchev–Trinajstić information content (AvgIpc) is 2.94. The molecule has 6 heteroatoms. The van der Waals surface area contributed by atoms with Gasteiger partial charge in [0, 0.05) is 19.1 Å². The minimum absolute atomic E-state index is 0.0950. The monoisotopic (exact) mass is 267 g/mol. The quantitative estimate of drug-likeness (QED) is 0.818. The van der Waals surface area contributed by atoms with Gasteiger partial charge in [-0.05, 0) is 31.0 Å². The summed E-state index contributed by atoms with van der Waals surface area (Å²) in [6, 6.07) is 3.18. The van der Waals surface area contributed by atoms with Crippen LogP contribution in [0, 0.1) is 5.92 Å². The van der Waals surface area contributed by atoms with Gasteiger partial charge in [-0.25, -0.2) is 0 Å². The second-order valence-electron chi connectivity index (χ2n) is 4.94. The molecule has 1 amide bonds. The number of hydrogen-bond donors (Lipinski definition) is 2. The second-order valence-corrected chi connectivity index (χ2v) is 5.34. The molecule has 2 aliphatic heterocycles. The molecule has 2 bridgehead atoms. The number of amides is 1. The zero-order valence-electron chi connectivity index (χ0n) is 9.78. The molecule has 3 atom stereocenters. The lowest BCUT2D eigenvalue weighted by Crippen LogP contribution is -2.43. The molecule has 1 aromatic heterocycles. The van der Waals surface area contributed by atoms with Crippen molar-refractivity contribution in [1.82, 2.24) is 15.2 Å². The Kier molecular flexibility index (Phi) is 2.87. The van der Waals surface area contributed by atoms with Crippen molar-refractivity contribution in [3.8, 4) is 0 Å². The van der Waals surface area contributed by atoms with Gasteiger partial charge >= 0.3 is 0 Å². The standard InChI is InChI=1S/C12H14ClN3O2/c13-8-1-2-9(14-11(8)17)12(18)15-10-6-16-4-3-7(10)5-16/h1-2,7,10H,3-6H2,(H,14,17)(H,15,18). The lowest BCUT2D eigenvalue weighted by molar-refractivity contribution is 0.0919. The van der Waals surface area contributed by atoms with Gasteiger partial charge in [-0.3, -0.25) is 9.59 Å². The van der Waals surface area contributed by atoms with Crippen LogP contribution in [0.25, 0.3) is 0 Å². The average molecular weight is 268 g/mol. The molecule has 1 aromatic rings. The van der Waals surface area contributed by atoms with Crippen LogP contribution in [0.3, 0.4) is 0 Å². The lowest BCUT2D eigenvalue weighted by atomic mass is 10.00. The molecule has 0 saturated carbocycles. The molecule has 96 valence electrons. The molecular formula is C12H14ClN3O2. The van der Waals surface area contributed by atoms with Crippen molar-refractivity contribution in [2.24, 2.45) is 5.92 Å². The molecule has 5 nitrogen and oxygen atoms in total. The first-order valence-corrected chi connectivity index (χ1v) is 6.43. The van der Waals surface area contributed by atoms with Crippen LogP contribution in [0.4, 0.5) is 0 Å². The Hall–Kier alpha value is -1.33. The summed E-state index contributed by atoms with van der Waals surface area (Å²) in [5, 5.41) is 3.07. The summed E-state index contributed by atoms with van der Waals surface area (Å²) in [7, 11) is 0. The number of carbonyl (C=O) groups is 1. The van der Waals surface area contributed by atoms with E-state index in [0.29, 0.717) is 5.92 Å². The molecular weight excluding hydrogens is 254 g/mol. The number of aromatic nitrogens is 1. The first-order valence-electron chi connectivity index (χ1n) is 6.05. The molecule has 0 aliphatic carbocycles. The van der Waals surface area contributed by atoms with Gasteiger partial charge in [-0.2, -0.15) is 0 Å². The molecule has 2 aliphatic rings. The summed E-state index contributed by atoms with van der Waals surface area (Å²) < 4.78 is 0. The third-order valence-corrected chi connectivity index (χ3v) is 4.05. The first-order chi connectivity index (χ1) is 8.63. The number of carbonyl (C=O) groups excluding carboxylic acids is 1. The summed E-state index contributed by atoms with van der Waals surface area (Å²) in [6.45, 7) is 3.12. The number of nitrogens with one attached hydrogen (secondary N) is 2. The highest BCUT2D eigenvalue weighted by Crippen LogP contribution is 2.27. The Bertz CT molecular complexity index is 542. The van der Waals surface area contributed by atoms with Crippen LogP contribution in [-0.4, -0.2) is 41.5 Å². The van der Waals surface area contributed by atoms with Crippen LogP contribution in [0.1, 0.15) is 16.9 Å². The van der Waals surface area contributed by atoms with Crippen molar-refractivity contribution in [3.63, 3.8) is 0 Å². The van der Waals surface area contributed by atoms with Crippen molar-refractivity contribution < 1.29 is 4.79 Å². The van der Waals surface area contributed by atoms with Crippen LogP contribution in [0.2, 0.25) is 5.02 Å². The SMILES string of the molecule is O=C(NC1CN2CCC1C2)c1ccc(Cl)c(=O)[nH]1. The van der Waals surface area contributed by atoms with Crippen LogP contribution >= 0.6 is 11.6 Å². The summed E-state index contributed by atoms with van der Waals surface area (Å²) in [5.74, 6) is 0.315. The Labute approximate surface area is 109 Å². The van der Waals surface area contributed by atoms with E-state index in [4.69, 9.17) is 11.6 Å². The normalized spacial score (nSPS) is 29.5. The van der Waals surface area contributed by atoms with Crippen molar-refractivity contribution in [1.29, 1.82) is 0 Å². The smallest absolute Gasteiger partial charge is 0.268 e. The van der Waals surface area contributed by atoms with Crippen LogP contribution in [-0.2, 0) is 0 Å². The summed E-state index contributed by atoms with van der Waals surface area (Å²) in [5.41, 5.74) is -0.164. The number of H-pyrrole nitrogens is 1. The Balaban J connectivity index is 1.71. The Morgan fingerprint density at radius 3 is 2.89 bits per heavy atom. The van der Waals surface area contributed by atoms with E-state index in [9.17, 15) is 9.59 Å². The molecule has 18 heavy (non-hydrogen) atoms. The molecule has 2 saturated heterocycles. The van der Waals surface area contributed by atoms with Gasteiger partial charge in [-0.15, -0.1) is 0 Å². The lowest BCUT2D eigenvalue weighted by Gasteiger charge is -2.23. The fourth-order valence-corrected chi connectivity index (χ4v) is 2.89. The molecule has 0 radical (unpaired) electrons. The maximum atomic E-state index is 12.0. The zero-order valence-corrected chi connectivity index (χ0v) is 10.5. The van der Waals surface area contributed by atoms with Crippen molar-refractivity contribution in [2.45, 2.75) is 12.5 Å². The Morgan fingerprint density at radius 2 is 2.28 bits per heavy atom. The van der Waals surface area contributed by atoms with Crippen molar-refractivity contribution >= 4 is 17.5 Å². The van der Waals surface area contributed by atoms with Gasteiger partial charge in [0.1, 0.15) is 10.7 Å². The minimum Gasteiger partial charge on any atom is -0.346 e. The highest BCUT2D eigenvalue weighted by molar-refractivity contribution is 6.30. The molecule has 2 N–H and O–H groups in total. The second kappa shape index (κ2) is 4.40. The number of fused-ring (bicyclic) bond motifs is 2. The van der Waals surface area contributed by atoms with E-state index >= 15 is 0 Å². The molecule has 3 heterocycles. The molecule has 2 fully saturated rings. The van der Waals surface area contributed by atoms with E-state index in [1.165, 1.54) is 12.1 Å². The van der Waals surface area contributed by atoms with E-state index in [-0.39, 0.29) is 22.7 Å². The van der Waals surface area contributed by atoms with Crippen LogP contribution in [0.5, 0.6) is 0 Å². The molecule has 3 rings (SSSR count). The van der Waals surface area contributed by atoms with E-state index in [1.807, 2.05) is 0 Å². The van der Waals surface area contributed by atoms with E-state index in [1.54, 1.807) is 0 Å². The minimum atomic E-state index is -0.430. The van der Waals surface area contributed by atoms with Gasteiger partial charge < -0.3 is 15.2 Å². The van der Waals surface area contributed by atoms with E-state index < -0.39 is 5.56 Å². The number of aromatic amines is 1. The number of rotatable bonds is 2. The van der Waals surface area contributed by atoms with Crippen molar-refractivity contribution in [3.05, 3.63) is 33.2 Å². The Morgan fingerprint density at radius 1 is 1.44 bits per heavy atom. The maximum Gasteiger partial charge on any atom is 0.268 e. The van der Waals surface area contributed by atoms with Crippen LogP contribution < -0.4 is 10.9 Å². The first kappa shape index (κ1) is 11.7. The largest absolute Gasteiger partial charge is 0.346 e. The third kappa shape index (κ3) is 2.04. The van der Waals surface area contributed by atoms with E-state index in [2.05, 4.69) is 15.2 Å². The van der Waals surface area contributed by atoms with Gasteiger partial charge in [0.2, 0.25) is 0 Å². The highest BCUT2D eigenvalue weighted by Gasteiger charge is 2.38. The number of halogens is 1. The number of nitrogens with zero attached hydrogens (tertiary/aromatic N) is 1. The van der Waals surface area contributed by atoms with Gasteiger partial charge in [0.05, 0.1) is 0 Å². The van der Waals surface area contributed by atoms with Crippen LogP contribution in [0.15, 0.2) is 16.9 Å².